The number of aromatic nitrogens is 1. The van der Waals surface area contributed by atoms with Crippen LogP contribution in [0.2, 0.25) is 0 Å². The second kappa shape index (κ2) is 4.80. The van der Waals surface area contributed by atoms with Crippen molar-refractivity contribution in [3.63, 3.8) is 0 Å². The molecule has 0 fully saturated rings. The second-order valence-electron chi connectivity index (χ2n) is 4.76. The highest BCUT2D eigenvalue weighted by molar-refractivity contribution is 6.04. The molecule has 21 heavy (non-hydrogen) atoms. The van der Waals surface area contributed by atoms with E-state index in [4.69, 9.17) is 0 Å². The molecule has 4 nitrogen and oxygen atoms in total. The number of benzene rings is 2. The minimum absolute atomic E-state index is 0.153. The van der Waals surface area contributed by atoms with Crippen molar-refractivity contribution in [2.45, 2.75) is 6.92 Å². The fraction of sp³-hybridized carbons (Fsp3) is 0.0588. The van der Waals surface area contributed by atoms with Crippen LogP contribution < -0.4 is 0 Å². The fourth-order valence-electron chi connectivity index (χ4n) is 2.56. The van der Waals surface area contributed by atoms with Crippen molar-refractivity contribution in [1.29, 1.82) is 5.26 Å². The van der Waals surface area contributed by atoms with Crippen LogP contribution >= 0.6 is 0 Å². The summed E-state index contributed by atoms with van der Waals surface area (Å²) in [7, 11) is 0. The summed E-state index contributed by atoms with van der Waals surface area (Å²) >= 11 is 0. The molecular weight excluding hydrogens is 264 g/mol. The smallest absolute Gasteiger partial charge is 0.177 e. The lowest BCUT2D eigenvalue weighted by molar-refractivity contribution is 0.101. The quantitative estimate of drug-likeness (QED) is 0.729. The molecule has 0 bridgehead atoms. The molecule has 0 radical (unpaired) electrons. The lowest BCUT2D eigenvalue weighted by Crippen LogP contribution is -2.05. The zero-order valence-corrected chi connectivity index (χ0v) is 11.4. The number of carbonyl (C=O) groups excluding carboxylic acids is 1. The summed E-state index contributed by atoms with van der Waals surface area (Å²) in [5, 5.41) is 19.6. The Labute approximate surface area is 121 Å². The number of ketones is 1. The topological polar surface area (TPSA) is 66.0 Å². The molecule has 0 spiro atoms. The Bertz CT molecular complexity index is 884. The lowest BCUT2D eigenvalue weighted by Gasteiger charge is -2.09. The van der Waals surface area contributed by atoms with Gasteiger partial charge in [-0.3, -0.25) is 4.79 Å². The number of nitriles is 1. The largest absolute Gasteiger partial charge is 0.508 e. The number of rotatable bonds is 2. The Morgan fingerprint density at radius 1 is 1.14 bits per heavy atom. The lowest BCUT2D eigenvalue weighted by atomic mass is 10.1. The van der Waals surface area contributed by atoms with Crippen molar-refractivity contribution in [2.24, 2.45) is 0 Å². The van der Waals surface area contributed by atoms with Crippen LogP contribution in [0.1, 0.15) is 23.0 Å². The number of hydrogen-bond acceptors (Lipinski definition) is 3. The third kappa shape index (κ3) is 1.96. The summed E-state index contributed by atoms with van der Waals surface area (Å²) in [6.07, 6.45) is 0. The number of carbonyl (C=O) groups is 1. The monoisotopic (exact) mass is 276 g/mol. The van der Waals surface area contributed by atoms with E-state index in [1.54, 1.807) is 28.8 Å². The Morgan fingerprint density at radius 3 is 2.43 bits per heavy atom. The molecule has 1 heterocycles. The predicted molar refractivity (Wildman–Crippen MR) is 79.7 cm³/mol. The summed E-state index contributed by atoms with van der Waals surface area (Å²) in [6, 6.07) is 16.1. The van der Waals surface area contributed by atoms with Crippen molar-refractivity contribution in [3.05, 3.63) is 59.8 Å². The van der Waals surface area contributed by atoms with Gasteiger partial charge in [0.25, 0.3) is 0 Å². The first-order chi connectivity index (χ1) is 10.1. The van der Waals surface area contributed by atoms with Crippen molar-refractivity contribution < 1.29 is 9.90 Å². The van der Waals surface area contributed by atoms with Gasteiger partial charge in [-0.15, -0.1) is 0 Å². The molecule has 0 amide bonds. The van der Waals surface area contributed by atoms with E-state index < -0.39 is 0 Å². The molecule has 0 aliphatic heterocycles. The average molecular weight is 276 g/mol. The number of nitrogens with zero attached hydrogens (tertiary/aromatic N) is 2. The Morgan fingerprint density at radius 2 is 1.81 bits per heavy atom. The van der Waals surface area contributed by atoms with E-state index in [0.29, 0.717) is 11.3 Å². The van der Waals surface area contributed by atoms with Gasteiger partial charge in [-0.1, -0.05) is 18.2 Å². The van der Waals surface area contributed by atoms with Gasteiger partial charge in [-0.05, 0) is 30.3 Å². The van der Waals surface area contributed by atoms with Crippen molar-refractivity contribution >= 4 is 16.7 Å². The Hall–Kier alpha value is -3.06. The van der Waals surface area contributed by atoms with Gasteiger partial charge in [0.15, 0.2) is 5.78 Å². The Kier molecular flexibility index (Phi) is 2.96. The highest BCUT2D eigenvalue weighted by Gasteiger charge is 2.20. The first kappa shape index (κ1) is 12.9. The maximum Gasteiger partial charge on any atom is 0.177 e. The van der Waals surface area contributed by atoms with Crippen LogP contribution in [0.4, 0.5) is 0 Å². The van der Waals surface area contributed by atoms with E-state index in [9.17, 15) is 15.2 Å². The van der Waals surface area contributed by atoms with Crippen LogP contribution in [-0.4, -0.2) is 15.5 Å². The Balaban J connectivity index is 2.46. The van der Waals surface area contributed by atoms with Crippen LogP contribution in [0.3, 0.4) is 0 Å². The molecule has 0 aliphatic carbocycles. The van der Waals surface area contributed by atoms with Crippen molar-refractivity contribution in [3.8, 4) is 17.5 Å². The summed E-state index contributed by atoms with van der Waals surface area (Å²) in [4.78, 5) is 12.0. The van der Waals surface area contributed by atoms with Crippen LogP contribution in [0.5, 0.6) is 5.75 Å². The third-order valence-corrected chi connectivity index (χ3v) is 3.43. The number of aromatic hydroxyl groups is 1. The van der Waals surface area contributed by atoms with E-state index in [-0.39, 0.29) is 11.5 Å². The molecule has 2 aromatic carbocycles. The molecule has 3 aromatic rings. The zero-order chi connectivity index (χ0) is 15.0. The molecule has 1 N–H and O–H groups in total. The molecule has 4 heteroatoms. The van der Waals surface area contributed by atoms with E-state index >= 15 is 0 Å². The number of phenolic OH excluding ortho intramolecular Hbond substituents is 1. The number of Topliss-reactive ketones (excluding diaryl/α,β-unsaturated/α-hetero) is 1. The summed E-state index contributed by atoms with van der Waals surface area (Å²) in [5.74, 6) is -0.0177. The first-order valence-electron chi connectivity index (χ1n) is 6.47. The minimum Gasteiger partial charge on any atom is -0.508 e. The number of phenols is 1. The summed E-state index contributed by atoms with van der Waals surface area (Å²) < 4.78 is 1.76. The molecule has 102 valence electrons. The van der Waals surface area contributed by atoms with Gasteiger partial charge < -0.3 is 9.67 Å². The molecular formula is C17H12N2O2. The summed E-state index contributed by atoms with van der Waals surface area (Å²) in [5.41, 5.74) is 2.27. The fourth-order valence-corrected chi connectivity index (χ4v) is 2.56. The predicted octanol–water partition coefficient (Wildman–Crippen LogP) is 3.41. The van der Waals surface area contributed by atoms with Gasteiger partial charge in [0.1, 0.15) is 17.5 Å². The van der Waals surface area contributed by atoms with E-state index in [1.165, 1.54) is 6.92 Å². The number of para-hydroxylation sites is 1. The molecule has 1 aromatic heterocycles. The van der Waals surface area contributed by atoms with Gasteiger partial charge in [0.05, 0.1) is 11.1 Å². The van der Waals surface area contributed by atoms with E-state index in [1.807, 2.05) is 24.3 Å². The van der Waals surface area contributed by atoms with Crippen LogP contribution in [0.25, 0.3) is 16.6 Å². The van der Waals surface area contributed by atoms with Gasteiger partial charge in [-0.2, -0.15) is 5.26 Å². The minimum atomic E-state index is -0.171. The number of fused-ring (bicyclic) bond motifs is 1. The van der Waals surface area contributed by atoms with Gasteiger partial charge in [-0.25, -0.2) is 0 Å². The molecule has 3 rings (SSSR count). The molecule has 0 aliphatic rings. The third-order valence-electron chi connectivity index (χ3n) is 3.43. The van der Waals surface area contributed by atoms with Crippen LogP contribution in [0.15, 0.2) is 48.5 Å². The van der Waals surface area contributed by atoms with Gasteiger partial charge >= 0.3 is 0 Å². The maximum atomic E-state index is 12.0. The molecule has 0 saturated carbocycles. The normalized spacial score (nSPS) is 10.5. The highest BCUT2D eigenvalue weighted by Crippen LogP contribution is 2.30. The average Bonchev–Trinajstić information content (AvgIpc) is 2.82. The molecule has 0 saturated heterocycles. The maximum absolute atomic E-state index is 12.0. The van der Waals surface area contributed by atoms with Crippen LogP contribution in [0, 0.1) is 11.3 Å². The standard InChI is InChI=1S/C17H12N2O2/c1-11(20)17-15(10-18)14-4-2-3-5-16(14)19(17)12-6-8-13(21)9-7-12/h2-9,21H,1H3. The van der Waals surface area contributed by atoms with Gasteiger partial charge in [0.2, 0.25) is 0 Å². The van der Waals surface area contributed by atoms with E-state index in [2.05, 4.69) is 6.07 Å². The molecule has 0 unspecified atom stereocenters. The zero-order valence-electron chi connectivity index (χ0n) is 11.4. The highest BCUT2D eigenvalue weighted by atomic mass is 16.3. The summed E-state index contributed by atoms with van der Waals surface area (Å²) in [6.45, 7) is 1.45. The van der Waals surface area contributed by atoms with E-state index in [0.717, 1.165) is 16.6 Å². The van der Waals surface area contributed by atoms with Crippen LogP contribution in [-0.2, 0) is 0 Å². The second-order valence-corrected chi connectivity index (χ2v) is 4.76. The van der Waals surface area contributed by atoms with Crippen molar-refractivity contribution in [2.75, 3.05) is 0 Å². The first-order valence-corrected chi connectivity index (χ1v) is 6.47. The van der Waals surface area contributed by atoms with Gasteiger partial charge in [0, 0.05) is 18.0 Å². The SMILES string of the molecule is CC(=O)c1c(C#N)c2ccccc2n1-c1ccc(O)cc1. The molecule has 0 atom stereocenters. The number of hydrogen-bond donors (Lipinski definition) is 1. The van der Waals surface area contributed by atoms with Crippen molar-refractivity contribution in [1.82, 2.24) is 4.57 Å².